The van der Waals surface area contributed by atoms with Gasteiger partial charge in [-0.3, -0.25) is 19.7 Å². The quantitative estimate of drug-likeness (QED) is 0.617. The summed E-state index contributed by atoms with van der Waals surface area (Å²) in [5.74, 6) is -1.43. The molecule has 7 heteroatoms. The van der Waals surface area contributed by atoms with Gasteiger partial charge >= 0.3 is 5.97 Å². The molecule has 0 saturated carbocycles. The smallest absolute Gasteiger partial charge is 0.311 e. The summed E-state index contributed by atoms with van der Waals surface area (Å²) in [4.78, 5) is 33.3. The molecule has 0 aliphatic carbocycles. The predicted octanol–water partition coefficient (Wildman–Crippen LogP) is 2.13. The Morgan fingerprint density at radius 3 is 2.48 bits per heavy atom. The van der Waals surface area contributed by atoms with Crippen LogP contribution in [0.25, 0.3) is 0 Å². The molecule has 1 rings (SSSR count). The van der Waals surface area contributed by atoms with Gasteiger partial charge in [-0.05, 0) is 32.4 Å². The van der Waals surface area contributed by atoms with E-state index in [1.54, 1.807) is 20.8 Å². The Balaban J connectivity index is 2.84. The van der Waals surface area contributed by atoms with Crippen molar-refractivity contribution in [2.45, 2.75) is 27.2 Å². The Bertz CT molecular complexity index is 585. The molecule has 7 nitrogen and oxygen atoms in total. The zero-order valence-electron chi connectivity index (χ0n) is 12.2. The Morgan fingerprint density at radius 2 is 2.05 bits per heavy atom. The molecule has 0 aliphatic heterocycles. The van der Waals surface area contributed by atoms with E-state index in [0.29, 0.717) is 12.0 Å². The van der Waals surface area contributed by atoms with Crippen molar-refractivity contribution in [3.05, 3.63) is 39.4 Å². The van der Waals surface area contributed by atoms with Gasteiger partial charge in [0.15, 0.2) is 0 Å². The Kier molecular flexibility index (Phi) is 5.02. The van der Waals surface area contributed by atoms with Crippen molar-refractivity contribution in [1.82, 2.24) is 5.32 Å². The number of aryl methyl sites for hydroxylation is 1. The summed E-state index contributed by atoms with van der Waals surface area (Å²) in [6, 6.07) is 4.03. The predicted molar refractivity (Wildman–Crippen MR) is 76.2 cm³/mol. The number of rotatable bonds is 6. The highest BCUT2D eigenvalue weighted by molar-refractivity contribution is 5.95. The second kappa shape index (κ2) is 6.34. The number of amides is 1. The van der Waals surface area contributed by atoms with Gasteiger partial charge in [0.05, 0.1) is 10.3 Å². The van der Waals surface area contributed by atoms with Gasteiger partial charge in [-0.2, -0.15) is 0 Å². The molecule has 1 aromatic carbocycles. The number of benzene rings is 1. The fourth-order valence-electron chi connectivity index (χ4n) is 1.73. The minimum absolute atomic E-state index is 0.00625. The number of hydrogen-bond acceptors (Lipinski definition) is 4. The number of nitro groups is 1. The van der Waals surface area contributed by atoms with Crippen LogP contribution in [0.2, 0.25) is 0 Å². The van der Waals surface area contributed by atoms with Crippen LogP contribution in [0, 0.1) is 22.5 Å². The van der Waals surface area contributed by atoms with Crippen LogP contribution < -0.4 is 5.32 Å². The van der Waals surface area contributed by atoms with Crippen molar-refractivity contribution in [1.29, 1.82) is 0 Å². The lowest BCUT2D eigenvalue weighted by molar-refractivity contribution is -0.385. The normalized spacial score (nSPS) is 13.3. The molecule has 1 atom stereocenters. The molecule has 114 valence electrons. The zero-order valence-corrected chi connectivity index (χ0v) is 12.2. The average molecular weight is 294 g/mol. The molecule has 0 radical (unpaired) electrons. The molecule has 0 saturated heterocycles. The van der Waals surface area contributed by atoms with Crippen LogP contribution in [0.15, 0.2) is 18.2 Å². The Labute approximate surface area is 122 Å². The fourth-order valence-corrected chi connectivity index (χ4v) is 1.73. The van der Waals surface area contributed by atoms with Crippen LogP contribution in [0.3, 0.4) is 0 Å². The van der Waals surface area contributed by atoms with Crippen molar-refractivity contribution in [2.24, 2.45) is 5.41 Å². The van der Waals surface area contributed by atoms with Gasteiger partial charge in [0.25, 0.3) is 11.6 Å². The first-order valence-corrected chi connectivity index (χ1v) is 6.48. The van der Waals surface area contributed by atoms with Gasteiger partial charge in [0, 0.05) is 23.7 Å². The highest BCUT2D eigenvalue weighted by Gasteiger charge is 2.31. The summed E-state index contributed by atoms with van der Waals surface area (Å²) in [5.41, 5.74) is -0.451. The highest BCUT2D eigenvalue weighted by Crippen LogP contribution is 2.21. The second-order valence-electron chi connectivity index (χ2n) is 5.16. The van der Waals surface area contributed by atoms with Gasteiger partial charge in [0.2, 0.25) is 0 Å². The summed E-state index contributed by atoms with van der Waals surface area (Å²) < 4.78 is 0. The van der Waals surface area contributed by atoms with Crippen LogP contribution in [-0.2, 0) is 4.79 Å². The van der Waals surface area contributed by atoms with E-state index in [2.05, 4.69) is 5.32 Å². The summed E-state index contributed by atoms with van der Waals surface area (Å²) in [5, 5.41) is 22.4. The molecule has 0 aliphatic rings. The van der Waals surface area contributed by atoms with E-state index in [4.69, 9.17) is 5.11 Å². The molecule has 21 heavy (non-hydrogen) atoms. The van der Waals surface area contributed by atoms with Crippen molar-refractivity contribution in [2.75, 3.05) is 6.54 Å². The van der Waals surface area contributed by atoms with Crippen molar-refractivity contribution in [3.63, 3.8) is 0 Å². The fraction of sp³-hybridized carbons (Fsp3) is 0.429. The molecular formula is C14H18N2O5. The van der Waals surface area contributed by atoms with Gasteiger partial charge in [-0.25, -0.2) is 0 Å². The summed E-state index contributed by atoms with van der Waals surface area (Å²) in [6.45, 7) is 4.82. The van der Waals surface area contributed by atoms with E-state index in [9.17, 15) is 19.7 Å². The highest BCUT2D eigenvalue weighted by atomic mass is 16.6. The number of carboxylic acid groups (broad SMARTS) is 1. The zero-order chi connectivity index (χ0) is 16.2. The molecule has 0 fully saturated rings. The van der Waals surface area contributed by atoms with Crippen molar-refractivity contribution >= 4 is 17.6 Å². The van der Waals surface area contributed by atoms with Gasteiger partial charge in [-0.15, -0.1) is 0 Å². The molecule has 1 aromatic rings. The van der Waals surface area contributed by atoms with Gasteiger partial charge in [0.1, 0.15) is 0 Å². The van der Waals surface area contributed by atoms with E-state index >= 15 is 0 Å². The lowest BCUT2D eigenvalue weighted by Gasteiger charge is -2.23. The Hall–Kier alpha value is -2.44. The molecule has 0 spiro atoms. The molecule has 0 bridgehead atoms. The monoisotopic (exact) mass is 294 g/mol. The van der Waals surface area contributed by atoms with Gasteiger partial charge in [-0.1, -0.05) is 6.92 Å². The van der Waals surface area contributed by atoms with Crippen LogP contribution >= 0.6 is 0 Å². The first-order chi connectivity index (χ1) is 9.71. The van der Waals surface area contributed by atoms with E-state index in [-0.39, 0.29) is 17.8 Å². The number of aliphatic carboxylic acids is 1. The number of nitrogens with zero attached hydrogens (tertiary/aromatic N) is 1. The average Bonchev–Trinajstić information content (AvgIpc) is 2.43. The standard InChI is InChI=1S/C14H18N2O5/c1-4-14(3,13(18)19)8-15-12(17)10-5-6-11(16(20)21)9(2)7-10/h5-7H,4,8H2,1-3H3,(H,15,17)(H,18,19). The molecular weight excluding hydrogens is 276 g/mol. The summed E-state index contributed by atoms with van der Waals surface area (Å²) in [6.07, 6.45) is 0.377. The minimum atomic E-state index is -1.04. The third-order valence-corrected chi connectivity index (χ3v) is 3.59. The summed E-state index contributed by atoms with van der Waals surface area (Å²) >= 11 is 0. The number of carbonyl (C=O) groups is 2. The van der Waals surface area contributed by atoms with E-state index in [1.165, 1.54) is 18.2 Å². The van der Waals surface area contributed by atoms with Crippen molar-refractivity contribution < 1.29 is 19.6 Å². The molecule has 0 heterocycles. The molecule has 2 N–H and O–H groups in total. The number of nitrogens with one attached hydrogen (secondary N) is 1. The van der Waals surface area contributed by atoms with Crippen LogP contribution in [0.1, 0.15) is 36.2 Å². The van der Waals surface area contributed by atoms with Crippen LogP contribution in [0.5, 0.6) is 0 Å². The van der Waals surface area contributed by atoms with E-state index in [0.717, 1.165) is 0 Å². The number of carboxylic acids is 1. The topological polar surface area (TPSA) is 110 Å². The van der Waals surface area contributed by atoms with Crippen LogP contribution in [0.4, 0.5) is 5.69 Å². The maximum atomic E-state index is 12.0. The molecule has 1 amide bonds. The lowest BCUT2D eigenvalue weighted by atomic mass is 9.87. The molecule has 1 unspecified atom stereocenters. The minimum Gasteiger partial charge on any atom is -0.481 e. The third kappa shape index (κ3) is 3.77. The van der Waals surface area contributed by atoms with Crippen molar-refractivity contribution in [3.8, 4) is 0 Å². The maximum absolute atomic E-state index is 12.0. The number of carbonyl (C=O) groups excluding carboxylic acids is 1. The summed E-state index contributed by atoms with van der Waals surface area (Å²) in [7, 11) is 0. The number of nitro benzene ring substituents is 1. The largest absolute Gasteiger partial charge is 0.481 e. The third-order valence-electron chi connectivity index (χ3n) is 3.59. The lowest BCUT2D eigenvalue weighted by Crippen LogP contribution is -2.40. The van der Waals surface area contributed by atoms with Gasteiger partial charge < -0.3 is 10.4 Å². The SMILES string of the molecule is CCC(C)(CNC(=O)c1ccc([N+](=O)[O-])c(C)c1)C(=O)O. The number of hydrogen-bond donors (Lipinski definition) is 2. The van der Waals surface area contributed by atoms with E-state index < -0.39 is 22.2 Å². The van der Waals surface area contributed by atoms with Crippen LogP contribution in [-0.4, -0.2) is 28.5 Å². The molecule has 0 aromatic heterocycles. The second-order valence-corrected chi connectivity index (χ2v) is 5.16. The first-order valence-electron chi connectivity index (χ1n) is 6.48. The maximum Gasteiger partial charge on any atom is 0.311 e. The van der Waals surface area contributed by atoms with E-state index in [1.807, 2.05) is 0 Å². The Morgan fingerprint density at radius 1 is 1.43 bits per heavy atom. The first kappa shape index (κ1) is 16.6.